The molecule has 2 aromatic heterocycles. The lowest BCUT2D eigenvalue weighted by molar-refractivity contribution is -0.138. The van der Waals surface area contributed by atoms with E-state index in [4.69, 9.17) is 5.11 Å². The highest BCUT2D eigenvalue weighted by molar-refractivity contribution is 5.87. The third-order valence-electron chi connectivity index (χ3n) is 4.96. The molecule has 142 valence electrons. The van der Waals surface area contributed by atoms with Gasteiger partial charge >= 0.3 is 5.97 Å². The highest BCUT2D eigenvalue weighted by Crippen LogP contribution is 2.24. The molecule has 0 radical (unpaired) electrons. The number of hydrogen-bond acceptors (Lipinski definition) is 3. The molecule has 0 unspecified atom stereocenters. The normalized spacial score (nSPS) is 11.3. The van der Waals surface area contributed by atoms with Crippen molar-refractivity contribution in [2.45, 2.75) is 32.7 Å². The van der Waals surface area contributed by atoms with Crippen LogP contribution in [0.25, 0.3) is 21.7 Å². The van der Waals surface area contributed by atoms with Gasteiger partial charge in [0, 0.05) is 28.9 Å². The van der Waals surface area contributed by atoms with Gasteiger partial charge in [-0.3, -0.25) is 9.59 Å². The first-order valence-electron chi connectivity index (χ1n) is 9.36. The van der Waals surface area contributed by atoms with Crippen LogP contribution >= 0.6 is 0 Å². The van der Waals surface area contributed by atoms with Crippen molar-refractivity contribution in [2.24, 2.45) is 0 Å². The number of nitrogens with zero attached hydrogens (tertiary/aromatic N) is 2. The summed E-state index contributed by atoms with van der Waals surface area (Å²) in [7, 11) is 0. The molecule has 2 N–H and O–H groups in total. The van der Waals surface area contributed by atoms with Crippen molar-refractivity contribution in [3.63, 3.8) is 0 Å². The second kappa shape index (κ2) is 7.31. The van der Waals surface area contributed by atoms with Gasteiger partial charge in [-0.25, -0.2) is 4.68 Å². The van der Waals surface area contributed by atoms with Crippen molar-refractivity contribution in [3.8, 4) is 0 Å². The van der Waals surface area contributed by atoms with Crippen LogP contribution in [-0.2, 0) is 24.2 Å². The van der Waals surface area contributed by atoms with Gasteiger partial charge in [0.05, 0.1) is 11.1 Å². The first kappa shape index (κ1) is 18.0. The van der Waals surface area contributed by atoms with E-state index in [0.717, 1.165) is 39.4 Å². The lowest BCUT2D eigenvalue weighted by atomic mass is 10.0. The predicted octanol–water partition coefficient (Wildman–Crippen LogP) is 3.51. The minimum Gasteiger partial charge on any atom is -0.480 e. The van der Waals surface area contributed by atoms with E-state index in [2.05, 4.69) is 35.2 Å². The lowest BCUT2D eigenvalue weighted by Gasteiger charge is -2.10. The van der Waals surface area contributed by atoms with Gasteiger partial charge in [-0.1, -0.05) is 37.6 Å². The van der Waals surface area contributed by atoms with Crippen molar-refractivity contribution >= 4 is 27.6 Å². The second-order valence-corrected chi connectivity index (χ2v) is 6.97. The molecule has 0 amide bonds. The van der Waals surface area contributed by atoms with Crippen molar-refractivity contribution < 1.29 is 9.90 Å². The summed E-state index contributed by atoms with van der Waals surface area (Å²) in [6, 6.07) is 13.6. The minimum absolute atomic E-state index is 0.383. The summed E-state index contributed by atoms with van der Waals surface area (Å²) in [5, 5.41) is 15.9. The number of aromatic amines is 1. The lowest BCUT2D eigenvalue weighted by Crippen LogP contribution is -2.28. The number of carboxylic acid groups (broad SMARTS) is 1. The van der Waals surface area contributed by atoms with Crippen LogP contribution in [0.3, 0.4) is 0 Å². The number of aliphatic carboxylic acids is 1. The molecular formula is C22H21N3O3. The SMILES string of the molecule is CCCc1ccc2[nH]cc(Cc3nn(CC(=O)O)c(=O)c4ccccc34)c2c1. The molecular weight excluding hydrogens is 354 g/mol. The molecule has 0 atom stereocenters. The highest BCUT2D eigenvalue weighted by Gasteiger charge is 2.14. The minimum atomic E-state index is -1.09. The maximum Gasteiger partial charge on any atom is 0.325 e. The summed E-state index contributed by atoms with van der Waals surface area (Å²) < 4.78 is 1.04. The van der Waals surface area contributed by atoms with Gasteiger partial charge in [0.1, 0.15) is 6.54 Å². The molecule has 4 aromatic rings. The summed E-state index contributed by atoms with van der Waals surface area (Å²) in [4.78, 5) is 27.0. The van der Waals surface area contributed by atoms with Crippen LogP contribution in [0.5, 0.6) is 0 Å². The Balaban J connectivity index is 1.84. The topological polar surface area (TPSA) is 88.0 Å². The van der Waals surface area contributed by atoms with Gasteiger partial charge in [0.2, 0.25) is 0 Å². The van der Waals surface area contributed by atoms with E-state index in [0.29, 0.717) is 17.5 Å². The number of carboxylic acids is 1. The van der Waals surface area contributed by atoms with Crippen LogP contribution in [0.2, 0.25) is 0 Å². The Morgan fingerprint density at radius 2 is 1.93 bits per heavy atom. The van der Waals surface area contributed by atoms with Gasteiger partial charge in [0.25, 0.3) is 5.56 Å². The van der Waals surface area contributed by atoms with Crippen LogP contribution in [0.15, 0.2) is 53.5 Å². The Bertz CT molecular complexity index is 1240. The molecule has 0 spiro atoms. The number of nitrogens with one attached hydrogen (secondary N) is 1. The molecule has 0 aliphatic rings. The van der Waals surface area contributed by atoms with Crippen LogP contribution < -0.4 is 5.56 Å². The molecule has 2 heterocycles. The number of aryl methyl sites for hydroxylation is 1. The number of aromatic nitrogens is 3. The maximum absolute atomic E-state index is 12.6. The van der Waals surface area contributed by atoms with Gasteiger partial charge in [-0.2, -0.15) is 5.10 Å². The predicted molar refractivity (Wildman–Crippen MR) is 109 cm³/mol. The fraction of sp³-hybridized carbons (Fsp3) is 0.227. The molecule has 6 nitrogen and oxygen atoms in total. The Kier molecular flexibility index (Phi) is 4.69. The highest BCUT2D eigenvalue weighted by atomic mass is 16.4. The summed E-state index contributed by atoms with van der Waals surface area (Å²) in [6.45, 7) is 1.70. The monoisotopic (exact) mass is 375 g/mol. The average Bonchev–Trinajstić information content (AvgIpc) is 3.07. The zero-order valence-electron chi connectivity index (χ0n) is 15.6. The average molecular weight is 375 g/mol. The summed E-state index contributed by atoms with van der Waals surface area (Å²) in [5.41, 5.74) is 3.72. The van der Waals surface area contributed by atoms with E-state index in [1.807, 2.05) is 18.3 Å². The quantitative estimate of drug-likeness (QED) is 0.540. The first-order chi connectivity index (χ1) is 13.6. The van der Waals surface area contributed by atoms with E-state index < -0.39 is 12.5 Å². The molecule has 0 bridgehead atoms. The summed E-state index contributed by atoms with van der Waals surface area (Å²) in [5.74, 6) is -1.09. The number of rotatable bonds is 6. The van der Waals surface area contributed by atoms with Crippen LogP contribution in [0.1, 0.15) is 30.2 Å². The fourth-order valence-corrected chi connectivity index (χ4v) is 3.67. The maximum atomic E-state index is 12.6. The number of hydrogen-bond donors (Lipinski definition) is 2. The zero-order chi connectivity index (χ0) is 19.7. The van der Waals surface area contributed by atoms with Crippen LogP contribution in [-0.4, -0.2) is 25.8 Å². The molecule has 0 aliphatic heterocycles. The Morgan fingerprint density at radius 1 is 1.14 bits per heavy atom. The van der Waals surface area contributed by atoms with E-state index in [1.54, 1.807) is 12.1 Å². The summed E-state index contributed by atoms with van der Waals surface area (Å²) in [6.07, 6.45) is 4.57. The Labute approximate surface area is 161 Å². The number of carbonyl (C=O) groups is 1. The van der Waals surface area contributed by atoms with Crippen molar-refractivity contribution in [2.75, 3.05) is 0 Å². The molecule has 0 fully saturated rings. The molecule has 2 aromatic carbocycles. The molecule has 4 rings (SSSR count). The smallest absolute Gasteiger partial charge is 0.325 e. The molecule has 0 saturated heterocycles. The molecule has 28 heavy (non-hydrogen) atoms. The summed E-state index contributed by atoms with van der Waals surface area (Å²) >= 11 is 0. The number of benzene rings is 2. The van der Waals surface area contributed by atoms with Crippen molar-refractivity contribution in [3.05, 3.63) is 75.8 Å². The fourth-order valence-electron chi connectivity index (χ4n) is 3.67. The van der Waals surface area contributed by atoms with Crippen molar-refractivity contribution in [1.82, 2.24) is 14.8 Å². The van der Waals surface area contributed by atoms with Crippen LogP contribution in [0.4, 0.5) is 0 Å². The van der Waals surface area contributed by atoms with Gasteiger partial charge in [-0.05, 0) is 35.7 Å². The molecule has 6 heteroatoms. The Hall–Kier alpha value is -3.41. The van der Waals surface area contributed by atoms with E-state index in [-0.39, 0.29) is 5.56 Å². The third kappa shape index (κ3) is 3.29. The van der Waals surface area contributed by atoms with E-state index in [1.165, 1.54) is 5.56 Å². The van der Waals surface area contributed by atoms with Gasteiger partial charge in [0.15, 0.2) is 0 Å². The van der Waals surface area contributed by atoms with E-state index >= 15 is 0 Å². The van der Waals surface area contributed by atoms with Crippen molar-refractivity contribution in [1.29, 1.82) is 0 Å². The van der Waals surface area contributed by atoms with E-state index in [9.17, 15) is 9.59 Å². The third-order valence-corrected chi connectivity index (χ3v) is 4.96. The number of fused-ring (bicyclic) bond motifs is 2. The van der Waals surface area contributed by atoms with Gasteiger partial charge < -0.3 is 10.1 Å². The van der Waals surface area contributed by atoms with Gasteiger partial charge in [-0.15, -0.1) is 0 Å². The standard InChI is InChI=1S/C22H21N3O3/c1-2-5-14-8-9-19-18(10-14)15(12-23-19)11-20-16-6-3-4-7-17(16)22(28)25(24-20)13-21(26)27/h3-4,6-10,12,23H,2,5,11,13H2,1H3,(H,26,27). The molecule has 0 aliphatic carbocycles. The zero-order valence-corrected chi connectivity index (χ0v) is 15.6. The molecule has 0 saturated carbocycles. The van der Waals surface area contributed by atoms with Crippen LogP contribution in [0, 0.1) is 0 Å². The first-order valence-corrected chi connectivity index (χ1v) is 9.36. The Morgan fingerprint density at radius 3 is 2.68 bits per heavy atom. The largest absolute Gasteiger partial charge is 0.480 e. The second-order valence-electron chi connectivity index (χ2n) is 6.97. The number of H-pyrrole nitrogens is 1.